The van der Waals surface area contributed by atoms with Crippen molar-refractivity contribution < 1.29 is 9.53 Å². The SMILES string of the molecule is Cc1ccc(C)c(OCCC(=O)N(C)C2CCNCC2)c1.Cl. The topological polar surface area (TPSA) is 41.6 Å². The van der Waals surface area contributed by atoms with E-state index in [1.54, 1.807) is 0 Å². The second kappa shape index (κ2) is 9.01. The third kappa shape index (κ3) is 5.18. The van der Waals surface area contributed by atoms with Gasteiger partial charge in [0, 0.05) is 13.1 Å². The molecule has 2 rings (SSSR count). The van der Waals surface area contributed by atoms with Crippen LogP contribution in [0.15, 0.2) is 18.2 Å². The number of carbonyl (C=O) groups is 1. The fourth-order valence-electron chi connectivity index (χ4n) is 2.69. The van der Waals surface area contributed by atoms with Crippen molar-refractivity contribution in [2.75, 3.05) is 26.7 Å². The lowest BCUT2D eigenvalue weighted by Gasteiger charge is -2.31. The molecule has 1 saturated heterocycles. The molecular formula is C17H27ClN2O2. The number of benzene rings is 1. The third-order valence-corrected chi connectivity index (χ3v) is 4.17. The van der Waals surface area contributed by atoms with Gasteiger partial charge < -0.3 is 15.0 Å². The number of hydrogen-bond donors (Lipinski definition) is 1. The van der Waals surface area contributed by atoms with Gasteiger partial charge >= 0.3 is 0 Å². The molecule has 5 heteroatoms. The van der Waals surface area contributed by atoms with Crippen molar-refractivity contribution in [1.29, 1.82) is 0 Å². The Labute approximate surface area is 139 Å². The van der Waals surface area contributed by atoms with Gasteiger partial charge in [0.1, 0.15) is 5.75 Å². The number of nitrogens with zero attached hydrogens (tertiary/aromatic N) is 1. The van der Waals surface area contributed by atoms with Gasteiger partial charge in [-0.15, -0.1) is 12.4 Å². The first-order valence-corrected chi connectivity index (χ1v) is 7.74. The van der Waals surface area contributed by atoms with Gasteiger partial charge in [-0.05, 0) is 57.0 Å². The molecule has 1 aliphatic rings. The third-order valence-electron chi connectivity index (χ3n) is 4.17. The zero-order valence-electron chi connectivity index (χ0n) is 13.7. The molecule has 1 fully saturated rings. The van der Waals surface area contributed by atoms with E-state index in [4.69, 9.17) is 4.74 Å². The van der Waals surface area contributed by atoms with Crippen LogP contribution in [-0.4, -0.2) is 43.6 Å². The van der Waals surface area contributed by atoms with Crippen molar-refractivity contribution >= 4 is 18.3 Å². The standard InChI is InChI=1S/C17H26N2O2.ClH/c1-13-4-5-14(2)16(12-13)21-11-8-17(20)19(3)15-6-9-18-10-7-15;/h4-5,12,15,18H,6-11H2,1-3H3;1H. The van der Waals surface area contributed by atoms with E-state index in [1.807, 2.05) is 37.9 Å². The predicted molar refractivity (Wildman–Crippen MR) is 91.9 cm³/mol. The smallest absolute Gasteiger partial charge is 0.225 e. The highest BCUT2D eigenvalue weighted by Gasteiger charge is 2.21. The first-order chi connectivity index (χ1) is 10.1. The minimum absolute atomic E-state index is 0. The second-order valence-electron chi connectivity index (χ2n) is 5.85. The van der Waals surface area contributed by atoms with Gasteiger partial charge in [-0.1, -0.05) is 12.1 Å². The average molecular weight is 327 g/mol. The number of ether oxygens (including phenoxy) is 1. The van der Waals surface area contributed by atoms with Crippen molar-refractivity contribution in [3.8, 4) is 5.75 Å². The van der Waals surface area contributed by atoms with Crippen molar-refractivity contribution in [2.45, 2.75) is 39.2 Å². The summed E-state index contributed by atoms with van der Waals surface area (Å²) >= 11 is 0. The highest BCUT2D eigenvalue weighted by Crippen LogP contribution is 2.19. The lowest BCUT2D eigenvalue weighted by Crippen LogP contribution is -2.44. The Bertz CT molecular complexity index is 488. The van der Waals surface area contributed by atoms with Gasteiger partial charge in [-0.2, -0.15) is 0 Å². The molecule has 1 heterocycles. The van der Waals surface area contributed by atoms with Gasteiger partial charge in [0.15, 0.2) is 0 Å². The van der Waals surface area contributed by atoms with Gasteiger partial charge in [0.2, 0.25) is 5.91 Å². The fourth-order valence-corrected chi connectivity index (χ4v) is 2.69. The van der Waals surface area contributed by atoms with Gasteiger partial charge in [0.25, 0.3) is 0 Å². The van der Waals surface area contributed by atoms with E-state index in [9.17, 15) is 4.79 Å². The van der Waals surface area contributed by atoms with Crippen LogP contribution in [0.3, 0.4) is 0 Å². The number of amides is 1. The molecule has 1 aromatic rings. The first-order valence-electron chi connectivity index (χ1n) is 7.74. The van der Waals surface area contributed by atoms with Crippen molar-refractivity contribution in [2.24, 2.45) is 0 Å². The Morgan fingerprint density at radius 2 is 2.00 bits per heavy atom. The minimum atomic E-state index is 0. The van der Waals surface area contributed by atoms with E-state index < -0.39 is 0 Å². The summed E-state index contributed by atoms with van der Waals surface area (Å²) < 4.78 is 5.77. The molecule has 0 radical (unpaired) electrons. The molecule has 0 spiro atoms. The van der Waals surface area contributed by atoms with Crippen LogP contribution in [0.1, 0.15) is 30.4 Å². The summed E-state index contributed by atoms with van der Waals surface area (Å²) in [6, 6.07) is 6.52. The van der Waals surface area contributed by atoms with Gasteiger partial charge in [0.05, 0.1) is 13.0 Å². The summed E-state index contributed by atoms with van der Waals surface area (Å²) in [6.07, 6.45) is 2.52. The van der Waals surface area contributed by atoms with Crippen molar-refractivity contribution in [1.82, 2.24) is 10.2 Å². The lowest BCUT2D eigenvalue weighted by molar-refractivity contribution is -0.132. The summed E-state index contributed by atoms with van der Waals surface area (Å²) in [5.74, 6) is 1.06. The minimum Gasteiger partial charge on any atom is -0.493 e. The van der Waals surface area contributed by atoms with Crippen molar-refractivity contribution in [3.05, 3.63) is 29.3 Å². The number of halogens is 1. The summed E-state index contributed by atoms with van der Waals surface area (Å²) in [5, 5.41) is 3.32. The highest BCUT2D eigenvalue weighted by molar-refractivity contribution is 5.85. The van der Waals surface area contributed by atoms with E-state index in [1.165, 1.54) is 5.56 Å². The Hall–Kier alpha value is -1.26. The van der Waals surface area contributed by atoms with E-state index in [0.29, 0.717) is 19.1 Å². The number of piperidine rings is 1. The highest BCUT2D eigenvalue weighted by atomic mass is 35.5. The number of hydrogen-bond acceptors (Lipinski definition) is 3. The number of rotatable bonds is 5. The maximum Gasteiger partial charge on any atom is 0.225 e. The van der Waals surface area contributed by atoms with Crippen LogP contribution in [0.25, 0.3) is 0 Å². The van der Waals surface area contributed by atoms with E-state index >= 15 is 0 Å². The maximum absolute atomic E-state index is 12.2. The van der Waals surface area contributed by atoms with Crippen molar-refractivity contribution in [3.63, 3.8) is 0 Å². The largest absolute Gasteiger partial charge is 0.493 e. The summed E-state index contributed by atoms with van der Waals surface area (Å²) in [7, 11) is 1.91. The quantitative estimate of drug-likeness (QED) is 0.904. The Morgan fingerprint density at radius 1 is 1.32 bits per heavy atom. The van der Waals surface area contributed by atoms with E-state index in [0.717, 1.165) is 37.2 Å². The van der Waals surface area contributed by atoms with E-state index in [2.05, 4.69) is 11.4 Å². The van der Waals surface area contributed by atoms with Crippen LogP contribution in [0.5, 0.6) is 5.75 Å². The van der Waals surface area contributed by atoms with Crippen LogP contribution in [0.4, 0.5) is 0 Å². The van der Waals surface area contributed by atoms with Crippen LogP contribution in [0.2, 0.25) is 0 Å². The summed E-state index contributed by atoms with van der Waals surface area (Å²) in [5.41, 5.74) is 2.29. The maximum atomic E-state index is 12.2. The monoisotopic (exact) mass is 326 g/mol. The molecule has 124 valence electrons. The zero-order valence-corrected chi connectivity index (χ0v) is 14.5. The molecule has 0 atom stereocenters. The Balaban J connectivity index is 0.00000242. The Kier molecular flexibility index (Phi) is 7.69. The first kappa shape index (κ1) is 18.8. The lowest BCUT2D eigenvalue weighted by atomic mass is 10.1. The summed E-state index contributed by atoms with van der Waals surface area (Å²) in [4.78, 5) is 14.1. The molecule has 1 aromatic carbocycles. The molecule has 0 aliphatic carbocycles. The molecule has 0 saturated carbocycles. The van der Waals surface area contributed by atoms with Crippen LogP contribution in [0, 0.1) is 13.8 Å². The molecule has 1 amide bonds. The molecule has 0 unspecified atom stereocenters. The molecule has 0 aromatic heterocycles. The molecule has 1 aliphatic heterocycles. The molecule has 1 N–H and O–H groups in total. The van der Waals surface area contributed by atoms with Gasteiger partial charge in [-0.25, -0.2) is 0 Å². The number of nitrogens with one attached hydrogen (secondary N) is 1. The summed E-state index contributed by atoms with van der Waals surface area (Å²) in [6.45, 7) is 6.51. The normalized spacial score (nSPS) is 15.0. The van der Waals surface area contributed by atoms with Crippen LogP contribution >= 0.6 is 12.4 Å². The second-order valence-corrected chi connectivity index (χ2v) is 5.85. The Morgan fingerprint density at radius 3 is 2.68 bits per heavy atom. The molecule has 22 heavy (non-hydrogen) atoms. The molecule has 4 nitrogen and oxygen atoms in total. The average Bonchev–Trinajstić information content (AvgIpc) is 2.50. The predicted octanol–water partition coefficient (Wildman–Crippen LogP) is 2.70. The molecular weight excluding hydrogens is 300 g/mol. The number of aryl methyl sites for hydroxylation is 2. The number of carbonyl (C=O) groups excluding carboxylic acids is 1. The zero-order chi connectivity index (χ0) is 15.2. The fraction of sp³-hybridized carbons (Fsp3) is 0.588. The van der Waals surface area contributed by atoms with Crippen LogP contribution < -0.4 is 10.1 Å². The van der Waals surface area contributed by atoms with Crippen LogP contribution in [-0.2, 0) is 4.79 Å². The van der Waals surface area contributed by atoms with Gasteiger partial charge in [-0.3, -0.25) is 4.79 Å². The molecule has 0 bridgehead atoms. The van der Waals surface area contributed by atoms with E-state index in [-0.39, 0.29) is 18.3 Å².